The van der Waals surface area contributed by atoms with E-state index >= 15 is 0 Å². The fourth-order valence-corrected chi connectivity index (χ4v) is 2.61. The van der Waals surface area contributed by atoms with Crippen molar-refractivity contribution >= 4 is 21.7 Å². The summed E-state index contributed by atoms with van der Waals surface area (Å²) in [5.41, 5.74) is 5.69. The van der Waals surface area contributed by atoms with Crippen molar-refractivity contribution in [2.24, 2.45) is 5.73 Å². The van der Waals surface area contributed by atoms with Crippen LogP contribution in [0.3, 0.4) is 0 Å². The van der Waals surface area contributed by atoms with Gasteiger partial charge >= 0.3 is 0 Å². The van der Waals surface area contributed by atoms with Crippen LogP contribution in [0.1, 0.15) is 25.7 Å². The molecule has 1 aliphatic rings. The molecule has 0 aromatic carbocycles. The lowest BCUT2D eigenvalue weighted by Crippen LogP contribution is -2.37. The number of pyridine rings is 1. The topological polar surface area (TPSA) is 42.1 Å². The van der Waals surface area contributed by atoms with Crippen molar-refractivity contribution < 1.29 is 0 Å². The minimum absolute atomic E-state index is 0.636. The lowest BCUT2D eigenvalue weighted by molar-refractivity contribution is 0.602. The minimum atomic E-state index is 0.636. The molecule has 1 aromatic heterocycles. The Morgan fingerprint density at radius 3 is 2.69 bits per heavy atom. The molecule has 1 saturated carbocycles. The molecular weight excluding hydrogens is 266 g/mol. The zero-order valence-electron chi connectivity index (χ0n) is 9.40. The van der Waals surface area contributed by atoms with E-state index in [2.05, 4.69) is 31.9 Å². The molecule has 0 unspecified atom stereocenters. The molecule has 16 heavy (non-hydrogen) atoms. The quantitative estimate of drug-likeness (QED) is 0.924. The van der Waals surface area contributed by atoms with Crippen LogP contribution in [0.5, 0.6) is 0 Å². The highest BCUT2D eigenvalue weighted by atomic mass is 79.9. The molecule has 2 rings (SSSR count). The fourth-order valence-electron chi connectivity index (χ4n) is 2.38. The molecule has 0 atom stereocenters. The molecule has 0 saturated heterocycles. The van der Waals surface area contributed by atoms with Crippen LogP contribution in [-0.4, -0.2) is 24.1 Å². The molecule has 4 heteroatoms. The van der Waals surface area contributed by atoms with E-state index in [1.54, 1.807) is 0 Å². The Hall–Kier alpha value is -0.610. The maximum Gasteiger partial charge on any atom is 0.128 e. The molecule has 0 bridgehead atoms. The number of nitrogens with two attached hydrogens (primary N) is 1. The van der Waals surface area contributed by atoms with Crippen LogP contribution in [-0.2, 0) is 0 Å². The maximum absolute atomic E-state index is 5.69. The molecule has 0 radical (unpaired) electrons. The summed E-state index contributed by atoms with van der Waals surface area (Å²) in [5.74, 6) is 1.06. The lowest BCUT2D eigenvalue weighted by Gasteiger charge is -2.29. The normalized spacial score (nSPS) is 16.6. The summed E-state index contributed by atoms with van der Waals surface area (Å²) in [4.78, 5) is 6.83. The largest absolute Gasteiger partial charge is 0.352 e. The van der Waals surface area contributed by atoms with Gasteiger partial charge in [0.2, 0.25) is 0 Å². The van der Waals surface area contributed by atoms with Gasteiger partial charge in [0.15, 0.2) is 0 Å². The molecule has 1 fully saturated rings. The van der Waals surface area contributed by atoms with E-state index in [0.29, 0.717) is 12.6 Å². The Kier molecular flexibility index (Phi) is 4.18. The van der Waals surface area contributed by atoms with Gasteiger partial charge in [0.1, 0.15) is 5.82 Å². The average Bonchev–Trinajstić information content (AvgIpc) is 2.81. The number of hydrogen-bond acceptors (Lipinski definition) is 3. The first-order valence-corrected chi connectivity index (χ1v) is 6.69. The Morgan fingerprint density at radius 2 is 2.12 bits per heavy atom. The van der Waals surface area contributed by atoms with Gasteiger partial charge in [-0.15, -0.1) is 0 Å². The van der Waals surface area contributed by atoms with E-state index in [1.807, 2.05) is 12.3 Å². The summed E-state index contributed by atoms with van der Waals surface area (Å²) in [6.07, 6.45) is 7.08. The van der Waals surface area contributed by atoms with Crippen LogP contribution in [0.15, 0.2) is 22.8 Å². The molecule has 1 heterocycles. The Morgan fingerprint density at radius 1 is 1.38 bits per heavy atom. The van der Waals surface area contributed by atoms with Crippen LogP contribution in [0.25, 0.3) is 0 Å². The number of hydrogen-bond donors (Lipinski definition) is 1. The van der Waals surface area contributed by atoms with Gasteiger partial charge in [0.05, 0.1) is 0 Å². The van der Waals surface area contributed by atoms with Crippen molar-refractivity contribution in [3.63, 3.8) is 0 Å². The van der Waals surface area contributed by atoms with E-state index in [4.69, 9.17) is 5.73 Å². The second-order valence-corrected chi connectivity index (χ2v) is 5.17. The van der Waals surface area contributed by atoms with E-state index < -0.39 is 0 Å². The van der Waals surface area contributed by atoms with Gasteiger partial charge < -0.3 is 10.6 Å². The fraction of sp³-hybridized carbons (Fsp3) is 0.583. The molecule has 1 aliphatic carbocycles. The molecule has 2 N–H and O–H groups in total. The van der Waals surface area contributed by atoms with Gasteiger partial charge in [-0.25, -0.2) is 4.98 Å². The monoisotopic (exact) mass is 283 g/mol. The maximum atomic E-state index is 5.69. The van der Waals surface area contributed by atoms with Crippen LogP contribution >= 0.6 is 15.9 Å². The van der Waals surface area contributed by atoms with Crippen molar-refractivity contribution in [1.82, 2.24) is 4.98 Å². The third-order valence-electron chi connectivity index (χ3n) is 3.14. The van der Waals surface area contributed by atoms with Gasteiger partial charge in [-0.2, -0.15) is 0 Å². The van der Waals surface area contributed by atoms with Gasteiger partial charge in [-0.3, -0.25) is 0 Å². The summed E-state index contributed by atoms with van der Waals surface area (Å²) in [5, 5.41) is 0. The summed E-state index contributed by atoms with van der Waals surface area (Å²) in [7, 11) is 0. The Bertz CT molecular complexity index is 320. The molecule has 88 valence electrons. The van der Waals surface area contributed by atoms with Crippen molar-refractivity contribution in [2.45, 2.75) is 31.7 Å². The molecule has 0 amide bonds. The van der Waals surface area contributed by atoms with Gasteiger partial charge in [-0.1, -0.05) is 12.8 Å². The van der Waals surface area contributed by atoms with E-state index in [0.717, 1.165) is 16.8 Å². The van der Waals surface area contributed by atoms with Crippen molar-refractivity contribution in [3.05, 3.63) is 22.8 Å². The zero-order chi connectivity index (χ0) is 11.4. The standard InChI is InChI=1S/C12H18BrN3/c13-10-5-6-12(15-9-10)16(8-7-14)11-3-1-2-4-11/h5-6,9,11H,1-4,7-8,14H2. The van der Waals surface area contributed by atoms with Crippen molar-refractivity contribution in [1.29, 1.82) is 0 Å². The highest BCUT2D eigenvalue weighted by Crippen LogP contribution is 2.27. The van der Waals surface area contributed by atoms with Crippen molar-refractivity contribution in [3.8, 4) is 0 Å². The number of nitrogens with zero attached hydrogens (tertiary/aromatic N) is 2. The zero-order valence-corrected chi connectivity index (χ0v) is 11.0. The van der Waals surface area contributed by atoms with Crippen molar-refractivity contribution in [2.75, 3.05) is 18.0 Å². The molecule has 3 nitrogen and oxygen atoms in total. The van der Waals surface area contributed by atoms with Crippen LogP contribution in [0.2, 0.25) is 0 Å². The first-order chi connectivity index (χ1) is 7.81. The number of rotatable bonds is 4. The summed E-state index contributed by atoms with van der Waals surface area (Å²) in [6.45, 7) is 1.59. The SMILES string of the molecule is NCCN(c1ccc(Br)cn1)C1CCCC1. The van der Waals surface area contributed by atoms with Crippen LogP contribution < -0.4 is 10.6 Å². The smallest absolute Gasteiger partial charge is 0.128 e. The lowest BCUT2D eigenvalue weighted by atomic mass is 10.2. The number of aromatic nitrogens is 1. The Balaban J connectivity index is 2.14. The predicted octanol–water partition coefficient (Wildman–Crippen LogP) is 2.55. The predicted molar refractivity (Wildman–Crippen MR) is 70.6 cm³/mol. The summed E-state index contributed by atoms with van der Waals surface area (Å²) < 4.78 is 1.02. The first-order valence-electron chi connectivity index (χ1n) is 5.89. The van der Waals surface area contributed by atoms with Gasteiger partial charge in [-0.05, 0) is 40.9 Å². The van der Waals surface area contributed by atoms with Gasteiger partial charge in [0.25, 0.3) is 0 Å². The second-order valence-electron chi connectivity index (χ2n) is 4.25. The third kappa shape index (κ3) is 2.74. The summed E-state index contributed by atoms with van der Waals surface area (Å²) >= 11 is 3.41. The van der Waals surface area contributed by atoms with E-state index in [-0.39, 0.29) is 0 Å². The average molecular weight is 284 g/mol. The number of anilines is 1. The third-order valence-corrected chi connectivity index (χ3v) is 3.61. The molecule has 0 spiro atoms. The first kappa shape index (κ1) is 11.9. The molecule has 1 aromatic rings. The van der Waals surface area contributed by atoms with Crippen LogP contribution in [0.4, 0.5) is 5.82 Å². The van der Waals surface area contributed by atoms with Crippen LogP contribution in [0, 0.1) is 0 Å². The van der Waals surface area contributed by atoms with E-state index in [9.17, 15) is 0 Å². The number of halogens is 1. The minimum Gasteiger partial charge on any atom is -0.352 e. The van der Waals surface area contributed by atoms with Gasteiger partial charge in [0, 0.05) is 29.8 Å². The second kappa shape index (κ2) is 5.64. The Labute approximate surface area is 105 Å². The molecule has 0 aliphatic heterocycles. The molecular formula is C12H18BrN3. The summed E-state index contributed by atoms with van der Waals surface area (Å²) in [6, 6.07) is 4.75. The highest BCUT2D eigenvalue weighted by Gasteiger charge is 2.22. The van der Waals surface area contributed by atoms with E-state index in [1.165, 1.54) is 25.7 Å². The highest BCUT2D eigenvalue weighted by molar-refractivity contribution is 9.10.